The molecule has 5 nitrogen and oxygen atoms in total. The molecule has 0 aromatic carbocycles. The normalized spacial score (nSPS) is 23.3. The fraction of sp³-hybridized carbons (Fsp3) is 0.714. The van der Waals surface area contributed by atoms with Gasteiger partial charge >= 0.3 is 0 Å². The SMILES string of the molecule is O=c1c(NCCC2CCCNC2)nccn1C1CC1. The number of nitrogens with zero attached hydrogens (tertiary/aromatic N) is 2. The fourth-order valence-electron chi connectivity index (χ4n) is 2.75. The van der Waals surface area contributed by atoms with E-state index in [1.54, 1.807) is 12.4 Å². The van der Waals surface area contributed by atoms with Crippen LogP contribution < -0.4 is 16.2 Å². The van der Waals surface area contributed by atoms with Crippen molar-refractivity contribution in [3.8, 4) is 0 Å². The number of anilines is 1. The van der Waals surface area contributed by atoms with Gasteiger partial charge in [0.2, 0.25) is 0 Å². The van der Waals surface area contributed by atoms with Crippen LogP contribution in [0.25, 0.3) is 0 Å². The van der Waals surface area contributed by atoms with Gasteiger partial charge in [0, 0.05) is 25.0 Å². The summed E-state index contributed by atoms with van der Waals surface area (Å²) in [5, 5.41) is 6.63. The van der Waals surface area contributed by atoms with Gasteiger partial charge in [-0.15, -0.1) is 0 Å². The van der Waals surface area contributed by atoms with Crippen LogP contribution >= 0.6 is 0 Å². The fourth-order valence-corrected chi connectivity index (χ4v) is 2.75. The minimum Gasteiger partial charge on any atom is -0.365 e. The van der Waals surface area contributed by atoms with Crippen molar-refractivity contribution in [2.24, 2.45) is 5.92 Å². The Morgan fingerprint density at radius 3 is 3.05 bits per heavy atom. The maximum atomic E-state index is 12.2. The summed E-state index contributed by atoms with van der Waals surface area (Å²) in [6.07, 6.45) is 9.44. The average Bonchev–Trinajstić information content (AvgIpc) is 3.26. The maximum Gasteiger partial charge on any atom is 0.293 e. The van der Waals surface area contributed by atoms with Gasteiger partial charge in [0.15, 0.2) is 5.82 Å². The number of rotatable bonds is 5. The van der Waals surface area contributed by atoms with E-state index in [-0.39, 0.29) is 5.56 Å². The van der Waals surface area contributed by atoms with Gasteiger partial charge in [0.05, 0.1) is 0 Å². The summed E-state index contributed by atoms with van der Waals surface area (Å²) in [4.78, 5) is 16.3. The average molecular weight is 262 g/mol. The number of aromatic nitrogens is 2. The second-order valence-electron chi connectivity index (χ2n) is 5.65. The van der Waals surface area contributed by atoms with Crippen LogP contribution in [-0.2, 0) is 0 Å². The highest BCUT2D eigenvalue weighted by Crippen LogP contribution is 2.33. The van der Waals surface area contributed by atoms with Crippen molar-refractivity contribution in [1.29, 1.82) is 0 Å². The topological polar surface area (TPSA) is 59.0 Å². The van der Waals surface area contributed by atoms with Gasteiger partial charge in [-0.1, -0.05) is 0 Å². The van der Waals surface area contributed by atoms with Crippen molar-refractivity contribution < 1.29 is 0 Å². The van der Waals surface area contributed by atoms with Crippen LogP contribution in [0, 0.1) is 5.92 Å². The zero-order valence-corrected chi connectivity index (χ0v) is 11.3. The summed E-state index contributed by atoms with van der Waals surface area (Å²) in [5.41, 5.74) is 0.0340. The number of piperidine rings is 1. The number of hydrogen-bond acceptors (Lipinski definition) is 4. The smallest absolute Gasteiger partial charge is 0.293 e. The molecule has 5 heteroatoms. The molecule has 2 heterocycles. The summed E-state index contributed by atoms with van der Waals surface area (Å²) in [6, 6.07) is 0.415. The first kappa shape index (κ1) is 12.7. The first-order valence-electron chi connectivity index (χ1n) is 7.36. The second kappa shape index (κ2) is 5.74. The Bertz CT molecular complexity index is 475. The molecule has 1 aliphatic carbocycles. The van der Waals surface area contributed by atoms with E-state index in [2.05, 4.69) is 15.6 Å². The molecule has 1 aliphatic heterocycles. The summed E-state index contributed by atoms with van der Waals surface area (Å²) in [6.45, 7) is 3.09. The Morgan fingerprint density at radius 2 is 2.32 bits per heavy atom. The van der Waals surface area contributed by atoms with Crippen LogP contribution in [0.15, 0.2) is 17.2 Å². The third-order valence-corrected chi connectivity index (χ3v) is 4.05. The van der Waals surface area contributed by atoms with Gasteiger partial charge in [-0.25, -0.2) is 4.98 Å². The molecule has 1 saturated carbocycles. The zero-order valence-electron chi connectivity index (χ0n) is 11.3. The Labute approximate surface area is 113 Å². The molecule has 0 spiro atoms. The van der Waals surface area contributed by atoms with Crippen molar-refractivity contribution in [1.82, 2.24) is 14.9 Å². The van der Waals surface area contributed by atoms with Gasteiger partial charge in [0.1, 0.15) is 0 Å². The Kier molecular flexibility index (Phi) is 3.82. The van der Waals surface area contributed by atoms with Crippen LogP contribution in [0.4, 0.5) is 5.82 Å². The second-order valence-corrected chi connectivity index (χ2v) is 5.65. The van der Waals surface area contributed by atoms with Crippen LogP contribution in [0.2, 0.25) is 0 Å². The van der Waals surface area contributed by atoms with E-state index < -0.39 is 0 Å². The molecule has 1 aromatic heterocycles. The van der Waals surface area contributed by atoms with Crippen molar-refractivity contribution in [3.05, 3.63) is 22.7 Å². The number of hydrogen-bond donors (Lipinski definition) is 2. The molecule has 19 heavy (non-hydrogen) atoms. The zero-order chi connectivity index (χ0) is 13.1. The van der Waals surface area contributed by atoms with E-state index in [1.807, 2.05) is 4.57 Å². The van der Waals surface area contributed by atoms with Crippen molar-refractivity contribution in [2.75, 3.05) is 25.0 Å². The van der Waals surface area contributed by atoms with E-state index in [4.69, 9.17) is 0 Å². The molecule has 104 valence electrons. The number of nitrogens with one attached hydrogen (secondary N) is 2. The molecule has 0 bridgehead atoms. The molecule has 1 aromatic rings. The molecular weight excluding hydrogens is 240 g/mol. The molecular formula is C14H22N4O. The molecule has 1 unspecified atom stereocenters. The Morgan fingerprint density at radius 1 is 1.42 bits per heavy atom. The molecule has 0 radical (unpaired) electrons. The third kappa shape index (κ3) is 3.15. The van der Waals surface area contributed by atoms with E-state index in [0.29, 0.717) is 11.9 Å². The summed E-state index contributed by atoms with van der Waals surface area (Å²) < 4.78 is 1.82. The lowest BCUT2D eigenvalue weighted by atomic mass is 9.96. The largest absolute Gasteiger partial charge is 0.365 e. The van der Waals surface area contributed by atoms with Gasteiger partial charge < -0.3 is 15.2 Å². The van der Waals surface area contributed by atoms with Gasteiger partial charge in [0.25, 0.3) is 5.56 Å². The lowest BCUT2D eigenvalue weighted by Gasteiger charge is -2.22. The predicted octanol–water partition coefficient (Wildman–Crippen LogP) is 1.38. The summed E-state index contributed by atoms with van der Waals surface area (Å²) in [7, 11) is 0. The first-order valence-corrected chi connectivity index (χ1v) is 7.36. The molecule has 2 aliphatic rings. The van der Waals surface area contributed by atoms with Crippen molar-refractivity contribution in [3.63, 3.8) is 0 Å². The summed E-state index contributed by atoms with van der Waals surface area (Å²) >= 11 is 0. The predicted molar refractivity (Wildman–Crippen MR) is 75.5 cm³/mol. The quantitative estimate of drug-likeness (QED) is 0.841. The van der Waals surface area contributed by atoms with Crippen LogP contribution in [0.5, 0.6) is 0 Å². The maximum absolute atomic E-state index is 12.2. The highest BCUT2D eigenvalue weighted by molar-refractivity contribution is 5.31. The summed E-state index contributed by atoms with van der Waals surface area (Å²) in [5.74, 6) is 1.24. The van der Waals surface area contributed by atoms with E-state index in [0.717, 1.165) is 44.8 Å². The highest BCUT2D eigenvalue weighted by atomic mass is 16.1. The van der Waals surface area contributed by atoms with Crippen molar-refractivity contribution >= 4 is 5.82 Å². The monoisotopic (exact) mass is 262 g/mol. The molecule has 2 N–H and O–H groups in total. The van der Waals surface area contributed by atoms with E-state index in [9.17, 15) is 4.79 Å². The minimum absolute atomic E-state index is 0.0340. The molecule has 1 atom stereocenters. The lowest BCUT2D eigenvalue weighted by Crippen LogP contribution is -2.31. The van der Waals surface area contributed by atoms with Crippen molar-refractivity contribution in [2.45, 2.75) is 38.1 Å². The molecule has 1 saturated heterocycles. The highest BCUT2D eigenvalue weighted by Gasteiger charge is 2.25. The third-order valence-electron chi connectivity index (χ3n) is 4.05. The van der Waals surface area contributed by atoms with Gasteiger partial charge in [-0.05, 0) is 51.1 Å². The molecule has 2 fully saturated rings. The van der Waals surface area contributed by atoms with Crippen LogP contribution in [0.1, 0.15) is 38.1 Å². The Hall–Kier alpha value is -1.36. The van der Waals surface area contributed by atoms with E-state index >= 15 is 0 Å². The Balaban J connectivity index is 1.54. The standard InChI is InChI=1S/C14H22N4O/c19-14-13(17-8-9-18(14)12-3-4-12)16-7-5-11-2-1-6-15-10-11/h8-9,11-12,15H,1-7,10H2,(H,16,17). The lowest BCUT2D eigenvalue weighted by molar-refractivity contribution is 0.364. The van der Waals surface area contributed by atoms with Gasteiger partial charge in [-0.3, -0.25) is 4.79 Å². The molecule has 0 amide bonds. The van der Waals surface area contributed by atoms with E-state index in [1.165, 1.54) is 12.8 Å². The minimum atomic E-state index is 0.0340. The van der Waals surface area contributed by atoms with Crippen LogP contribution in [0.3, 0.4) is 0 Å². The van der Waals surface area contributed by atoms with Gasteiger partial charge in [-0.2, -0.15) is 0 Å². The van der Waals surface area contributed by atoms with Crippen LogP contribution in [-0.4, -0.2) is 29.2 Å². The molecule has 3 rings (SSSR count). The first-order chi connectivity index (χ1) is 9.34.